The monoisotopic (exact) mass is 448 g/mol. The average molecular weight is 449 g/mol. The Hall–Kier alpha value is -1.99. The molecule has 0 saturated heterocycles. The van der Waals surface area contributed by atoms with Gasteiger partial charge in [-0.2, -0.15) is 0 Å². The van der Waals surface area contributed by atoms with Crippen LogP contribution in [0, 0.1) is 13.8 Å². The van der Waals surface area contributed by atoms with E-state index in [1.54, 1.807) is 6.08 Å². The van der Waals surface area contributed by atoms with E-state index in [4.69, 9.17) is 16.3 Å². The SMILES string of the molecule is C=CCn1c(COc2cc(C)c(Cl)c(C)c2)nnc1SCC(=O)NC1CCCCC1. The minimum absolute atomic E-state index is 0.0463. The van der Waals surface area contributed by atoms with Crippen LogP contribution in [-0.4, -0.2) is 32.5 Å². The molecule has 0 radical (unpaired) electrons. The Labute approximate surface area is 187 Å². The lowest BCUT2D eigenvalue weighted by Gasteiger charge is -2.22. The predicted octanol–water partition coefficient (Wildman–Crippen LogP) is 4.85. The van der Waals surface area contributed by atoms with E-state index in [-0.39, 0.29) is 12.5 Å². The lowest BCUT2D eigenvalue weighted by atomic mass is 9.95. The number of carbonyl (C=O) groups is 1. The Bertz CT molecular complexity index is 870. The van der Waals surface area contributed by atoms with E-state index >= 15 is 0 Å². The average Bonchev–Trinajstić information content (AvgIpc) is 3.11. The number of hydrogen-bond donors (Lipinski definition) is 1. The van der Waals surface area contributed by atoms with Gasteiger partial charge < -0.3 is 10.1 Å². The summed E-state index contributed by atoms with van der Waals surface area (Å²) in [5.41, 5.74) is 1.94. The molecular weight excluding hydrogens is 420 g/mol. The maximum absolute atomic E-state index is 12.3. The van der Waals surface area contributed by atoms with Gasteiger partial charge in [-0.25, -0.2) is 0 Å². The molecular formula is C22H29ClN4O2S. The largest absolute Gasteiger partial charge is 0.486 e. The molecule has 1 N–H and O–H groups in total. The number of halogens is 1. The summed E-state index contributed by atoms with van der Waals surface area (Å²) in [6.45, 7) is 8.56. The van der Waals surface area contributed by atoms with E-state index in [0.29, 0.717) is 29.3 Å². The fourth-order valence-corrected chi connectivity index (χ4v) is 4.52. The molecule has 1 saturated carbocycles. The molecule has 1 fully saturated rings. The highest BCUT2D eigenvalue weighted by Gasteiger charge is 2.18. The van der Waals surface area contributed by atoms with Crippen molar-refractivity contribution in [2.45, 2.75) is 70.3 Å². The highest BCUT2D eigenvalue weighted by Crippen LogP contribution is 2.27. The number of aromatic nitrogens is 3. The Kier molecular flexibility index (Phi) is 8.22. The number of aryl methyl sites for hydroxylation is 2. The van der Waals surface area contributed by atoms with Gasteiger partial charge in [0.05, 0.1) is 5.75 Å². The molecule has 0 unspecified atom stereocenters. The van der Waals surface area contributed by atoms with E-state index in [2.05, 4.69) is 22.1 Å². The standard InChI is InChI=1S/C22H29ClN4O2S/c1-4-10-27-19(13-29-18-11-15(2)21(23)16(3)12-18)25-26-22(27)30-14-20(28)24-17-8-6-5-7-9-17/h4,11-12,17H,1,5-10,13-14H2,2-3H3,(H,24,28). The number of amides is 1. The molecule has 30 heavy (non-hydrogen) atoms. The van der Waals surface area contributed by atoms with Crippen LogP contribution >= 0.6 is 23.4 Å². The number of nitrogens with zero attached hydrogens (tertiary/aromatic N) is 3. The highest BCUT2D eigenvalue weighted by atomic mass is 35.5. The zero-order valence-electron chi connectivity index (χ0n) is 17.6. The van der Waals surface area contributed by atoms with Crippen molar-refractivity contribution >= 4 is 29.3 Å². The van der Waals surface area contributed by atoms with E-state index in [0.717, 1.165) is 34.7 Å². The fourth-order valence-electron chi connectivity index (χ4n) is 3.63. The second-order valence-corrected chi connectivity index (χ2v) is 8.97. The van der Waals surface area contributed by atoms with Crippen molar-refractivity contribution in [1.29, 1.82) is 0 Å². The number of rotatable bonds is 9. The van der Waals surface area contributed by atoms with Crippen LogP contribution < -0.4 is 10.1 Å². The van der Waals surface area contributed by atoms with E-state index in [1.165, 1.54) is 31.0 Å². The van der Waals surface area contributed by atoms with Crippen molar-refractivity contribution in [2.75, 3.05) is 5.75 Å². The van der Waals surface area contributed by atoms with Crippen LogP contribution in [0.5, 0.6) is 5.75 Å². The fraction of sp³-hybridized carbons (Fsp3) is 0.500. The number of allylic oxidation sites excluding steroid dienone is 1. The molecule has 6 nitrogen and oxygen atoms in total. The van der Waals surface area contributed by atoms with Crippen LogP contribution in [0.4, 0.5) is 0 Å². The normalized spacial score (nSPS) is 14.5. The van der Waals surface area contributed by atoms with Crippen molar-refractivity contribution in [3.05, 3.63) is 46.8 Å². The van der Waals surface area contributed by atoms with Crippen LogP contribution in [0.1, 0.15) is 49.1 Å². The Morgan fingerprint density at radius 2 is 2.00 bits per heavy atom. The first-order chi connectivity index (χ1) is 14.5. The van der Waals surface area contributed by atoms with E-state index < -0.39 is 0 Å². The third-order valence-electron chi connectivity index (χ3n) is 5.19. The molecule has 0 spiro atoms. The van der Waals surface area contributed by atoms with Gasteiger partial charge in [0.1, 0.15) is 12.4 Å². The molecule has 1 aliphatic carbocycles. The summed E-state index contributed by atoms with van der Waals surface area (Å²) in [6.07, 6.45) is 7.60. The smallest absolute Gasteiger partial charge is 0.230 e. The van der Waals surface area contributed by atoms with E-state index in [9.17, 15) is 4.79 Å². The molecule has 1 aliphatic rings. The first kappa shape index (κ1) is 22.7. The highest BCUT2D eigenvalue weighted by molar-refractivity contribution is 7.99. The molecule has 0 atom stereocenters. The Morgan fingerprint density at radius 1 is 1.30 bits per heavy atom. The molecule has 3 rings (SSSR count). The van der Waals surface area contributed by atoms with Gasteiger partial charge in [-0.3, -0.25) is 9.36 Å². The summed E-state index contributed by atoms with van der Waals surface area (Å²) in [5, 5.41) is 13.1. The van der Waals surface area contributed by atoms with Crippen molar-refractivity contribution in [2.24, 2.45) is 0 Å². The van der Waals surface area contributed by atoms with Gasteiger partial charge >= 0.3 is 0 Å². The van der Waals surface area contributed by atoms with Gasteiger partial charge in [-0.1, -0.05) is 48.7 Å². The van der Waals surface area contributed by atoms with Gasteiger partial charge in [-0.15, -0.1) is 16.8 Å². The second kappa shape index (κ2) is 10.9. The summed E-state index contributed by atoms with van der Waals surface area (Å²) in [5.74, 6) is 1.80. The zero-order valence-corrected chi connectivity index (χ0v) is 19.2. The molecule has 0 bridgehead atoms. The summed E-state index contributed by atoms with van der Waals surface area (Å²) in [7, 11) is 0. The maximum atomic E-state index is 12.3. The van der Waals surface area contributed by atoms with E-state index in [1.807, 2.05) is 30.5 Å². The van der Waals surface area contributed by atoms with Crippen molar-refractivity contribution < 1.29 is 9.53 Å². The van der Waals surface area contributed by atoms with Crippen molar-refractivity contribution in [1.82, 2.24) is 20.1 Å². The number of nitrogens with one attached hydrogen (secondary N) is 1. The third kappa shape index (κ3) is 6.01. The molecule has 1 aromatic heterocycles. The lowest BCUT2D eigenvalue weighted by Crippen LogP contribution is -2.37. The van der Waals surface area contributed by atoms with Crippen molar-refractivity contribution in [3.63, 3.8) is 0 Å². The van der Waals surface area contributed by atoms with Crippen LogP contribution in [-0.2, 0) is 17.9 Å². The molecule has 0 aliphatic heterocycles. The maximum Gasteiger partial charge on any atom is 0.230 e. The number of hydrogen-bond acceptors (Lipinski definition) is 5. The number of benzene rings is 1. The number of carbonyl (C=O) groups excluding carboxylic acids is 1. The molecule has 2 aromatic rings. The molecule has 162 valence electrons. The zero-order chi connectivity index (χ0) is 21.5. The minimum Gasteiger partial charge on any atom is -0.486 e. The quantitative estimate of drug-likeness (QED) is 0.438. The van der Waals surface area contributed by atoms with Gasteiger partial charge in [0, 0.05) is 17.6 Å². The van der Waals surface area contributed by atoms with Crippen LogP contribution in [0.2, 0.25) is 5.02 Å². The molecule has 1 aromatic carbocycles. The molecule has 1 amide bonds. The minimum atomic E-state index is 0.0463. The first-order valence-electron chi connectivity index (χ1n) is 10.3. The number of thioether (sulfide) groups is 1. The van der Waals surface area contributed by atoms with Crippen molar-refractivity contribution in [3.8, 4) is 5.75 Å². The summed E-state index contributed by atoms with van der Waals surface area (Å²) in [4.78, 5) is 12.3. The second-order valence-electron chi connectivity index (χ2n) is 7.65. The summed E-state index contributed by atoms with van der Waals surface area (Å²) >= 11 is 7.62. The summed E-state index contributed by atoms with van der Waals surface area (Å²) < 4.78 is 7.86. The van der Waals surface area contributed by atoms with Crippen LogP contribution in [0.15, 0.2) is 29.9 Å². The predicted molar refractivity (Wildman–Crippen MR) is 121 cm³/mol. The first-order valence-corrected chi connectivity index (χ1v) is 11.7. The Balaban J connectivity index is 1.60. The topological polar surface area (TPSA) is 69.0 Å². The third-order valence-corrected chi connectivity index (χ3v) is 6.75. The van der Waals surface area contributed by atoms with Gasteiger partial charge in [0.2, 0.25) is 5.91 Å². The lowest BCUT2D eigenvalue weighted by molar-refractivity contribution is -0.119. The summed E-state index contributed by atoms with van der Waals surface area (Å²) in [6, 6.07) is 4.14. The van der Waals surface area contributed by atoms with Gasteiger partial charge in [0.15, 0.2) is 11.0 Å². The van der Waals surface area contributed by atoms with Crippen LogP contribution in [0.25, 0.3) is 0 Å². The molecule has 1 heterocycles. The van der Waals surface area contributed by atoms with Gasteiger partial charge in [-0.05, 0) is 49.9 Å². The Morgan fingerprint density at radius 3 is 2.67 bits per heavy atom. The van der Waals surface area contributed by atoms with Gasteiger partial charge in [0.25, 0.3) is 0 Å². The van der Waals surface area contributed by atoms with Crippen LogP contribution in [0.3, 0.4) is 0 Å². The molecule has 8 heteroatoms. The number of ether oxygens (including phenoxy) is 1.